The lowest BCUT2D eigenvalue weighted by molar-refractivity contribution is 0.691. The number of benzene rings is 1. The third-order valence-corrected chi connectivity index (χ3v) is 3.39. The molecule has 0 radical (unpaired) electrons. The summed E-state index contributed by atoms with van der Waals surface area (Å²) in [6, 6.07) is 5.80. The zero-order valence-electron chi connectivity index (χ0n) is 6.16. The van der Waals surface area contributed by atoms with Gasteiger partial charge < -0.3 is 0 Å². The largest absolute Gasteiger partial charge is 0.248 e. The average molecular weight is 244 g/mol. The van der Waals surface area contributed by atoms with Gasteiger partial charge in [-0.25, -0.2) is 9.20 Å². The summed E-state index contributed by atoms with van der Waals surface area (Å²) in [6.07, 6.45) is 0. The minimum absolute atomic E-state index is 0.789. The van der Waals surface area contributed by atoms with Crippen molar-refractivity contribution in [2.24, 2.45) is 4.99 Å². The molecular weight excluding hydrogens is 238 g/mol. The summed E-state index contributed by atoms with van der Waals surface area (Å²) in [5, 5.41) is 0.789. The molecule has 0 bridgehead atoms. The Morgan fingerprint density at radius 3 is 3.08 bits per heavy atom. The first-order valence-electron chi connectivity index (χ1n) is 3.45. The van der Waals surface area contributed by atoms with E-state index in [-0.39, 0.29) is 0 Å². The number of hydrogen-bond donors (Lipinski definition) is 0. The predicted molar refractivity (Wildman–Crippen MR) is 53.6 cm³/mol. The van der Waals surface area contributed by atoms with E-state index in [9.17, 15) is 4.21 Å². The number of hydrogen-bond acceptors (Lipinski definition) is 2. The Balaban J connectivity index is 2.55. The van der Waals surface area contributed by atoms with Gasteiger partial charge in [0.1, 0.15) is 0 Å². The molecular formula is C8H6BrNOS. The molecule has 12 heavy (non-hydrogen) atoms. The fourth-order valence-electron chi connectivity index (χ4n) is 1.07. The molecule has 4 heteroatoms. The number of fused-ring (bicyclic) bond motifs is 1. The molecule has 0 saturated carbocycles. The SMILES string of the molecule is O=S1C=Nc2ccc(CBr)cc21. The summed E-state index contributed by atoms with van der Waals surface area (Å²) in [7, 11) is -1.02. The predicted octanol–water partition coefficient (Wildman–Crippen LogP) is 2.36. The molecule has 0 amide bonds. The van der Waals surface area contributed by atoms with E-state index >= 15 is 0 Å². The lowest BCUT2D eigenvalue weighted by Gasteiger charge is -1.98. The second-order valence-corrected chi connectivity index (χ2v) is 4.27. The van der Waals surface area contributed by atoms with Crippen LogP contribution in [0, 0.1) is 0 Å². The van der Waals surface area contributed by atoms with E-state index in [1.165, 1.54) is 5.55 Å². The van der Waals surface area contributed by atoms with E-state index in [2.05, 4.69) is 20.9 Å². The summed E-state index contributed by atoms with van der Waals surface area (Å²) < 4.78 is 11.3. The van der Waals surface area contributed by atoms with Gasteiger partial charge in [0.25, 0.3) is 0 Å². The minimum atomic E-state index is -1.02. The molecule has 0 aromatic heterocycles. The maximum atomic E-state index is 11.3. The van der Waals surface area contributed by atoms with E-state index < -0.39 is 10.8 Å². The monoisotopic (exact) mass is 243 g/mol. The topological polar surface area (TPSA) is 29.4 Å². The van der Waals surface area contributed by atoms with Gasteiger partial charge in [-0.1, -0.05) is 22.0 Å². The molecule has 2 nitrogen and oxygen atoms in total. The normalized spacial score (nSPS) is 19.6. The van der Waals surface area contributed by atoms with Gasteiger partial charge in [0.2, 0.25) is 0 Å². The molecule has 2 rings (SSSR count). The molecule has 62 valence electrons. The molecule has 1 aromatic carbocycles. The standard InChI is InChI=1S/C8H6BrNOS/c9-4-6-1-2-7-8(3-6)12(11)5-10-7/h1-3,5H,4H2. The van der Waals surface area contributed by atoms with Crippen LogP contribution in [0.3, 0.4) is 0 Å². The van der Waals surface area contributed by atoms with Crippen LogP contribution in [0.4, 0.5) is 5.69 Å². The van der Waals surface area contributed by atoms with E-state index in [1.54, 1.807) is 0 Å². The van der Waals surface area contributed by atoms with Gasteiger partial charge in [-0.3, -0.25) is 0 Å². The molecule has 1 unspecified atom stereocenters. The van der Waals surface area contributed by atoms with Crippen molar-refractivity contribution in [3.8, 4) is 0 Å². The molecule has 0 aliphatic carbocycles. The van der Waals surface area contributed by atoms with Gasteiger partial charge in [0.05, 0.1) is 26.9 Å². The Morgan fingerprint density at radius 2 is 2.33 bits per heavy atom. The van der Waals surface area contributed by atoms with Crippen LogP contribution in [0.5, 0.6) is 0 Å². The quantitative estimate of drug-likeness (QED) is 0.697. The molecule has 1 aliphatic rings. The molecule has 0 N–H and O–H groups in total. The van der Waals surface area contributed by atoms with E-state index in [1.807, 2.05) is 18.2 Å². The Bertz CT molecular complexity index is 375. The van der Waals surface area contributed by atoms with Gasteiger partial charge in [-0.2, -0.15) is 0 Å². The number of halogens is 1. The van der Waals surface area contributed by atoms with Gasteiger partial charge >= 0.3 is 0 Å². The summed E-state index contributed by atoms with van der Waals surface area (Å²) in [4.78, 5) is 4.84. The van der Waals surface area contributed by atoms with Gasteiger partial charge in [0.15, 0.2) is 0 Å². The fourth-order valence-corrected chi connectivity index (χ4v) is 2.34. The number of aliphatic imine (C=N–C) groups is 1. The Hall–Kier alpha value is -0.480. The van der Waals surface area contributed by atoms with Gasteiger partial charge in [0, 0.05) is 5.33 Å². The van der Waals surface area contributed by atoms with Gasteiger partial charge in [-0.05, 0) is 17.7 Å². The van der Waals surface area contributed by atoms with Crippen molar-refractivity contribution in [1.29, 1.82) is 0 Å². The zero-order chi connectivity index (χ0) is 8.55. The third kappa shape index (κ3) is 1.25. The number of rotatable bonds is 1. The van der Waals surface area contributed by atoms with Gasteiger partial charge in [-0.15, -0.1) is 0 Å². The smallest absolute Gasteiger partial charge is 0.0984 e. The first-order valence-corrected chi connectivity index (χ1v) is 5.78. The Kier molecular flexibility index (Phi) is 2.11. The van der Waals surface area contributed by atoms with Crippen molar-refractivity contribution < 1.29 is 4.21 Å². The maximum absolute atomic E-state index is 11.3. The van der Waals surface area contributed by atoms with Crippen LogP contribution in [-0.4, -0.2) is 9.76 Å². The highest BCUT2D eigenvalue weighted by atomic mass is 79.9. The fraction of sp³-hybridized carbons (Fsp3) is 0.125. The molecule has 0 saturated heterocycles. The number of nitrogens with zero attached hydrogens (tertiary/aromatic N) is 1. The highest BCUT2D eigenvalue weighted by Crippen LogP contribution is 2.28. The summed E-state index contributed by atoms with van der Waals surface area (Å²) in [5.41, 5.74) is 3.44. The minimum Gasteiger partial charge on any atom is -0.248 e. The molecule has 0 fully saturated rings. The second-order valence-electron chi connectivity index (χ2n) is 2.47. The maximum Gasteiger partial charge on any atom is 0.0984 e. The summed E-state index contributed by atoms with van der Waals surface area (Å²) in [6.45, 7) is 0. The van der Waals surface area contributed by atoms with E-state index in [0.717, 1.165) is 21.5 Å². The summed E-state index contributed by atoms with van der Waals surface area (Å²) >= 11 is 3.35. The van der Waals surface area contributed by atoms with Crippen LogP contribution in [0.15, 0.2) is 28.1 Å². The van der Waals surface area contributed by atoms with Crippen molar-refractivity contribution >= 4 is 38.0 Å². The van der Waals surface area contributed by atoms with Crippen LogP contribution < -0.4 is 0 Å². The van der Waals surface area contributed by atoms with Crippen LogP contribution in [0.1, 0.15) is 5.56 Å². The second kappa shape index (κ2) is 3.11. The van der Waals surface area contributed by atoms with Crippen LogP contribution in [0.2, 0.25) is 0 Å². The summed E-state index contributed by atoms with van der Waals surface area (Å²) in [5.74, 6) is 0. The highest BCUT2D eigenvalue weighted by Gasteiger charge is 2.13. The lowest BCUT2D eigenvalue weighted by atomic mass is 10.2. The molecule has 1 heterocycles. The van der Waals surface area contributed by atoms with Crippen molar-refractivity contribution in [1.82, 2.24) is 0 Å². The van der Waals surface area contributed by atoms with Crippen molar-refractivity contribution in [2.75, 3.05) is 0 Å². The molecule has 1 atom stereocenters. The zero-order valence-corrected chi connectivity index (χ0v) is 8.56. The third-order valence-electron chi connectivity index (χ3n) is 1.68. The van der Waals surface area contributed by atoms with E-state index in [4.69, 9.17) is 0 Å². The Morgan fingerprint density at radius 1 is 1.50 bits per heavy atom. The van der Waals surface area contributed by atoms with Crippen molar-refractivity contribution in [2.45, 2.75) is 10.2 Å². The van der Waals surface area contributed by atoms with Crippen LogP contribution in [-0.2, 0) is 16.1 Å². The first kappa shape index (κ1) is 8.13. The first-order chi connectivity index (χ1) is 5.81. The number of alkyl halides is 1. The lowest BCUT2D eigenvalue weighted by Crippen LogP contribution is -1.86. The molecule has 1 aromatic rings. The molecule has 0 spiro atoms. The van der Waals surface area contributed by atoms with Crippen LogP contribution in [0.25, 0.3) is 0 Å². The van der Waals surface area contributed by atoms with Crippen LogP contribution >= 0.6 is 15.9 Å². The highest BCUT2D eigenvalue weighted by molar-refractivity contribution is 9.08. The van der Waals surface area contributed by atoms with Crippen molar-refractivity contribution in [3.05, 3.63) is 23.8 Å². The average Bonchev–Trinajstić information content (AvgIpc) is 2.47. The molecule has 1 aliphatic heterocycles. The van der Waals surface area contributed by atoms with Crippen molar-refractivity contribution in [3.63, 3.8) is 0 Å². The van der Waals surface area contributed by atoms with E-state index in [0.29, 0.717) is 0 Å². The Labute approximate surface area is 81.3 Å².